The minimum absolute atomic E-state index is 0.279. The Morgan fingerprint density at radius 2 is 2.27 bits per heavy atom. The van der Waals surface area contributed by atoms with Crippen molar-refractivity contribution in [2.24, 2.45) is 4.99 Å². The van der Waals surface area contributed by atoms with E-state index in [1.807, 2.05) is 11.7 Å². The smallest absolute Gasteiger partial charge is 0.191 e. The fourth-order valence-electron chi connectivity index (χ4n) is 4.15. The van der Waals surface area contributed by atoms with E-state index < -0.39 is 0 Å². The van der Waals surface area contributed by atoms with Crippen LogP contribution in [0, 0.1) is 0 Å². The highest BCUT2D eigenvalue weighted by molar-refractivity contribution is 5.86. The van der Waals surface area contributed by atoms with Gasteiger partial charge in [-0.1, -0.05) is 25.1 Å². The molecule has 3 heterocycles. The summed E-state index contributed by atoms with van der Waals surface area (Å²) in [5, 5.41) is 12.8. The van der Waals surface area contributed by atoms with Crippen LogP contribution in [0.15, 0.2) is 29.4 Å². The van der Waals surface area contributed by atoms with E-state index in [4.69, 9.17) is 4.74 Å². The zero-order chi connectivity index (χ0) is 20.9. The molecule has 0 saturated heterocycles. The first-order valence-electron chi connectivity index (χ1n) is 10.7. The van der Waals surface area contributed by atoms with Gasteiger partial charge in [0.2, 0.25) is 0 Å². The molecule has 0 aliphatic carbocycles. The van der Waals surface area contributed by atoms with E-state index in [1.54, 1.807) is 7.11 Å². The van der Waals surface area contributed by atoms with Gasteiger partial charge in [0.15, 0.2) is 11.8 Å². The highest BCUT2D eigenvalue weighted by Gasteiger charge is 2.22. The highest BCUT2D eigenvalue weighted by atomic mass is 16.5. The number of ether oxygens (including phenoxy) is 1. The van der Waals surface area contributed by atoms with Crippen molar-refractivity contribution in [2.45, 2.75) is 51.8 Å². The van der Waals surface area contributed by atoms with Crippen molar-refractivity contribution in [2.75, 3.05) is 20.7 Å². The summed E-state index contributed by atoms with van der Waals surface area (Å²) >= 11 is 0. The van der Waals surface area contributed by atoms with Crippen LogP contribution in [0.25, 0.3) is 10.9 Å². The molecular weight excluding hydrogens is 378 g/mol. The number of fused-ring (bicyclic) bond motifs is 2. The molecule has 3 aromatic rings. The van der Waals surface area contributed by atoms with Crippen LogP contribution in [0.2, 0.25) is 0 Å². The van der Waals surface area contributed by atoms with E-state index in [9.17, 15) is 0 Å². The molecule has 1 aliphatic rings. The Morgan fingerprint density at radius 1 is 1.37 bits per heavy atom. The number of aromatic amines is 1. The lowest BCUT2D eigenvalue weighted by molar-refractivity contribution is 0.177. The lowest BCUT2D eigenvalue weighted by atomic mass is 10.1. The normalized spacial score (nSPS) is 16.6. The molecule has 8 heteroatoms. The fraction of sp³-hybridized carbons (Fsp3) is 0.500. The number of hydrogen-bond acceptors (Lipinski definition) is 4. The highest BCUT2D eigenvalue weighted by Crippen LogP contribution is 2.22. The van der Waals surface area contributed by atoms with Crippen LogP contribution in [0.1, 0.15) is 36.1 Å². The predicted molar refractivity (Wildman–Crippen MR) is 119 cm³/mol. The van der Waals surface area contributed by atoms with Gasteiger partial charge in [-0.15, -0.1) is 0 Å². The van der Waals surface area contributed by atoms with E-state index in [0.717, 1.165) is 56.4 Å². The monoisotopic (exact) mass is 409 g/mol. The van der Waals surface area contributed by atoms with Crippen molar-refractivity contribution in [3.63, 3.8) is 0 Å². The Hall–Kier alpha value is -2.87. The summed E-state index contributed by atoms with van der Waals surface area (Å²) in [6.07, 6.45) is 6.02. The van der Waals surface area contributed by atoms with Crippen LogP contribution in [-0.4, -0.2) is 52.5 Å². The van der Waals surface area contributed by atoms with Gasteiger partial charge in [-0.2, -0.15) is 5.10 Å². The molecule has 4 rings (SSSR count). The average Bonchev–Trinajstić information content (AvgIpc) is 3.36. The molecule has 0 saturated carbocycles. The minimum atomic E-state index is 0.279. The number of nitrogens with one attached hydrogen (secondary N) is 3. The van der Waals surface area contributed by atoms with Gasteiger partial charge in [-0.25, -0.2) is 9.67 Å². The molecule has 0 amide bonds. The molecule has 0 bridgehead atoms. The van der Waals surface area contributed by atoms with Gasteiger partial charge >= 0.3 is 0 Å². The fourth-order valence-corrected chi connectivity index (χ4v) is 4.15. The first-order valence-corrected chi connectivity index (χ1v) is 10.7. The number of benzene rings is 1. The van der Waals surface area contributed by atoms with Crippen molar-refractivity contribution in [3.05, 3.63) is 47.2 Å². The van der Waals surface area contributed by atoms with Crippen molar-refractivity contribution < 1.29 is 4.74 Å². The van der Waals surface area contributed by atoms with E-state index in [2.05, 4.69) is 62.0 Å². The van der Waals surface area contributed by atoms with Crippen molar-refractivity contribution in [1.82, 2.24) is 30.4 Å². The lowest BCUT2D eigenvalue weighted by Crippen LogP contribution is -2.47. The molecule has 30 heavy (non-hydrogen) atoms. The third kappa shape index (κ3) is 4.33. The summed E-state index contributed by atoms with van der Waals surface area (Å²) < 4.78 is 7.13. The van der Waals surface area contributed by atoms with Gasteiger partial charge in [0.05, 0.1) is 6.54 Å². The first kappa shape index (κ1) is 20.4. The van der Waals surface area contributed by atoms with Crippen LogP contribution < -0.4 is 10.6 Å². The average molecular weight is 410 g/mol. The van der Waals surface area contributed by atoms with E-state index in [0.29, 0.717) is 6.61 Å². The summed E-state index contributed by atoms with van der Waals surface area (Å²) in [4.78, 5) is 12.4. The molecule has 8 nitrogen and oxygen atoms in total. The Labute approximate surface area is 177 Å². The molecule has 160 valence electrons. The van der Waals surface area contributed by atoms with Crippen molar-refractivity contribution >= 4 is 16.9 Å². The van der Waals surface area contributed by atoms with Crippen LogP contribution >= 0.6 is 0 Å². The Bertz CT molecular complexity index is 1020. The number of aromatic nitrogens is 4. The largest absolute Gasteiger partial charge is 0.377 e. The first-order chi connectivity index (χ1) is 14.7. The summed E-state index contributed by atoms with van der Waals surface area (Å²) in [6.45, 7) is 4.25. The summed E-state index contributed by atoms with van der Waals surface area (Å²) in [7, 11) is 3.48. The maximum absolute atomic E-state index is 5.14. The topological polar surface area (TPSA) is 92.2 Å². The van der Waals surface area contributed by atoms with Gasteiger partial charge in [0.1, 0.15) is 12.4 Å². The van der Waals surface area contributed by atoms with Crippen LogP contribution in [0.3, 0.4) is 0 Å². The SMILES string of the molecule is CCc1cccc2c(CCNC(=NC)NC3CCc4nc(COC)nn4C3)c[nH]c12. The number of guanidine groups is 1. The molecule has 0 spiro atoms. The van der Waals surface area contributed by atoms with Crippen LogP contribution in [0.5, 0.6) is 0 Å². The Balaban J connectivity index is 1.31. The molecule has 2 aromatic heterocycles. The number of hydrogen-bond donors (Lipinski definition) is 3. The molecule has 1 aliphatic heterocycles. The van der Waals surface area contributed by atoms with E-state index >= 15 is 0 Å². The molecule has 1 atom stereocenters. The third-order valence-electron chi connectivity index (χ3n) is 5.69. The number of methoxy groups -OCH3 is 1. The second-order valence-electron chi connectivity index (χ2n) is 7.70. The number of aryl methyl sites for hydroxylation is 2. The molecule has 1 aromatic carbocycles. The van der Waals surface area contributed by atoms with Crippen LogP contribution in [-0.2, 0) is 37.2 Å². The van der Waals surface area contributed by atoms with Crippen molar-refractivity contribution in [3.8, 4) is 0 Å². The lowest BCUT2D eigenvalue weighted by Gasteiger charge is -2.25. The summed E-state index contributed by atoms with van der Waals surface area (Å²) in [5.41, 5.74) is 3.96. The molecule has 0 radical (unpaired) electrons. The zero-order valence-electron chi connectivity index (χ0n) is 18.0. The van der Waals surface area contributed by atoms with Gasteiger partial charge in [0, 0.05) is 50.3 Å². The number of H-pyrrole nitrogens is 1. The summed E-state index contributed by atoms with van der Waals surface area (Å²) in [6, 6.07) is 6.81. The van der Waals surface area contributed by atoms with Gasteiger partial charge in [-0.3, -0.25) is 4.99 Å². The molecule has 1 unspecified atom stereocenters. The summed E-state index contributed by atoms with van der Waals surface area (Å²) in [5.74, 6) is 2.62. The maximum Gasteiger partial charge on any atom is 0.191 e. The molecule has 3 N–H and O–H groups in total. The standard InChI is InChI=1S/C22H31N7O/c1-4-15-6-5-7-18-16(12-25-21(15)18)10-11-24-22(23-2)26-17-8-9-20-27-19(14-30-3)28-29(20)13-17/h5-7,12,17,25H,4,8-11,13-14H2,1-3H3,(H2,23,24,26). The van der Waals surface area contributed by atoms with Crippen molar-refractivity contribution in [1.29, 1.82) is 0 Å². The minimum Gasteiger partial charge on any atom is -0.377 e. The second-order valence-corrected chi connectivity index (χ2v) is 7.70. The van der Waals surface area contributed by atoms with Crippen LogP contribution in [0.4, 0.5) is 0 Å². The zero-order valence-corrected chi connectivity index (χ0v) is 18.0. The Morgan fingerprint density at radius 3 is 3.07 bits per heavy atom. The number of para-hydroxylation sites is 1. The van der Waals surface area contributed by atoms with Gasteiger partial charge in [0.25, 0.3) is 0 Å². The molecular formula is C22H31N7O. The number of rotatable bonds is 7. The second kappa shape index (κ2) is 9.30. The number of nitrogens with zero attached hydrogens (tertiary/aromatic N) is 4. The third-order valence-corrected chi connectivity index (χ3v) is 5.69. The quantitative estimate of drug-likeness (QED) is 0.411. The van der Waals surface area contributed by atoms with Gasteiger partial charge < -0.3 is 20.4 Å². The molecule has 0 fully saturated rings. The van der Waals surface area contributed by atoms with E-state index in [-0.39, 0.29) is 6.04 Å². The Kier molecular flexibility index (Phi) is 6.32. The van der Waals surface area contributed by atoms with E-state index in [1.165, 1.54) is 22.0 Å². The maximum atomic E-state index is 5.14. The predicted octanol–water partition coefficient (Wildman–Crippen LogP) is 2.19. The van der Waals surface area contributed by atoms with Gasteiger partial charge in [-0.05, 0) is 30.4 Å². The number of aliphatic imine (C=N–C) groups is 1.